The molecule has 1 aliphatic rings. The number of rotatable bonds is 6. The summed E-state index contributed by atoms with van der Waals surface area (Å²) in [5, 5.41) is 3.92. The van der Waals surface area contributed by atoms with Crippen molar-refractivity contribution in [2.24, 2.45) is 5.92 Å². The lowest BCUT2D eigenvalue weighted by molar-refractivity contribution is -0.123. The van der Waals surface area contributed by atoms with E-state index in [1.165, 1.54) is 25.7 Å². The highest BCUT2D eigenvalue weighted by atomic mass is 79.9. The molecular weight excluding hydrogens is 314 g/mol. The first kappa shape index (κ1) is 15.6. The summed E-state index contributed by atoms with van der Waals surface area (Å²) >= 11 is 3.54. The number of hydrogen-bond donors (Lipinski definition) is 1. The van der Waals surface area contributed by atoms with E-state index < -0.39 is 0 Å². The highest BCUT2D eigenvalue weighted by molar-refractivity contribution is 9.09. The van der Waals surface area contributed by atoms with Crippen LogP contribution in [0.1, 0.15) is 51.0 Å². The van der Waals surface area contributed by atoms with Crippen molar-refractivity contribution in [3.8, 4) is 0 Å². The molecule has 2 rings (SSSR count). The maximum absolute atomic E-state index is 12.2. The summed E-state index contributed by atoms with van der Waals surface area (Å²) in [5.41, 5.74) is 0.819. The average Bonchev–Trinajstić information content (AvgIpc) is 2.99. The quantitative estimate of drug-likeness (QED) is 0.766. The summed E-state index contributed by atoms with van der Waals surface area (Å²) in [6.07, 6.45) is 6.99. The summed E-state index contributed by atoms with van der Waals surface area (Å²) in [5.74, 6) is 0.940. The second-order valence-electron chi connectivity index (χ2n) is 6.07. The lowest BCUT2D eigenvalue weighted by atomic mass is 9.93. The average molecular weight is 338 g/mol. The van der Waals surface area contributed by atoms with Crippen LogP contribution >= 0.6 is 15.9 Å². The van der Waals surface area contributed by atoms with Gasteiger partial charge in [0.2, 0.25) is 5.91 Å². The van der Waals surface area contributed by atoms with Crippen LogP contribution < -0.4 is 5.32 Å². The zero-order valence-corrected chi connectivity index (χ0v) is 13.8. The second-order valence-corrected chi connectivity index (χ2v) is 6.63. The molecule has 1 aromatic carbocycles. The smallest absolute Gasteiger partial charge is 0.220 e. The molecule has 1 aromatic rings. The van der Waals surface area contributed by atoms with Crippen LogP contribution in [0.4, 0.5) is 0 Å². The molecule has 1 N–H and O–H groups in total. The van der Waals surface area contributed by atoms with E-state index in [9.17, 15) is 4.79 Å². The fraction of sp³-hybridized carbons (Fsp3) is 0.588. The number of hydrogen-bond acceptors (Lipinski definition) is 1. The molecule has 0 spiro atoms. The molecule has 2 nitrogen and oxygen atoms in total. The zero-order chi connectivity index (χ0) is 14.4. The third-order valence-corrected chi connectivity index (χ3v) is 5.47. The van der Waals surface area contributed by atoms with Gasteiger partial charge in [0, 0.05) is 11.8 Å². The van der Waals surface area contributed by atoms with Gasteiger partial charge in [0.25, 0.3) is 0 Å². The Morgan fingerprint density at radius 2 is 1.95 bits per heavy atom. The van der Waals surface area contributed by atoms with Crippen LogP contribution in [0.5, 0.6) is 0 Å². The molecule has 0 bridgehead atoms. The van der Waals surface area contributed by atoms with E-state index in [0.717, 1.165) is 23.2 Å². The van der Waals surface area contributed by atoms with Crippen LogP contribution in [0.3, 0.4) is 0 Å². The highest BCUT2D eigenvalue weighted by Gasteiger charge is 2.27. The van der Waals surface area contributed by atoms with Crippen molar-refractivity contribution in [3.63, 3.8) is 0 Å². The maximum atomic E-state index is 12.2. The van der Waals surface area contributed by atoms with Gasteiger partial charge >= 0.3 is 0 Å². The standard InChI is InChI=1S/C17H24BrNO/c1-17(13-18,15-9-3-2-4-10-15)19-16(20)12-11-14-7-5-6-8-14/h2-4,9-10,14H,5-8,11-13H2,1H3,(H,19,20). The van der Waals surface area contributed by atoms with Crippen LogP contribution in [0.25, 0.3) is 0 Å². The number of halogens is 1. The minimum absolute atomic E-state index is 0.169. The molecule has 1 atom stereocenters. The van der Waals surface area contributed by atoms with Gasteiger partial charge in [0.1, 0.15) is 0 Å². The maximum Gasteiger partial charge on any atom is 0.220 e. The van der Waals surface area contributed by atoms with E-state index in [0.29, 0.717) is 6.42 Å². The number of carbonyl (C=O) groups excluding carboxylic acids is 1. The summed E-state index contributed by atoms with van der Waals surface area (Å²) in [6, 6.07) is 10.2. The summed E-state index contributed by atoms with van der Waals surface area (Å²) < 4.78 is 0. The zero-order valence-electron chi connectivity index (χ0n) is 12.2. The number of benzene rings is 1. The van der Waals surface area contributed by atoms with Gasteiger partial charge in [-0.2, -0.15) is 0 Å². The van der Waals surface area contributed by atoms with Gasteiger partial charge in [-0.1, -0.05) is 71.9 Å². The predicted octanol–water partition coefficient (Wildman–Crippen LogP) is 4.38. The summed E-state index contributed by atoms with van der Waals surface area (Å²) in [6.45, 7) is 2.07. The van der Waals surface area contributed by atoms with Crippen LogP contribution in [-0.4, -0.2) is 11.2 Å². The van der Waals surface area contributed by atoms with Crippen LogP contribution in [0.15, 0.2) is 30.3 Å². The number of alkyl halides is 1. The van der Waals surface area contributed by atoms with Crippen LogP contribution in [0.2, 0.25) is 0 Å². The molecule has 110 valence electrons. The lowest BCUT2D eigenvalue weighted by Crippen LogP contribution is -2.44. The van der Waals surface area contributed by atoms with Gasteiger partial charge in [-0.3, -0.25) is 4.79 Å². The van der Waals surface area contributed by atoms with E-state index in [1.54, 1.807) is 0 Å². The molecule has 1 saturated carbocycles. The summed E-state index contributed by atoms with van der Waals surface area (Å²) in [7, 11) is 0. The molecule has 0 radical (unpaired) electrons. The molecule has 1 unspecified atom stereocenters. The van der Waals surface area contributed by atoms with Gasteiger partial charge < -0.3 is 5.32 Å². The van der Waals surface area contributed by atoms with Gasteiger partial charge in [-0.25, -0.2) is 0 Å². The van der Waals surface area contributed by atoms with Crippen molar-refractivity contribution in [1.29, 1.82) is 0 Å². The molecule has 1 aliphatic carbocycles. The van der Waals surface area contributed by atoms with Crippen molar-refractivity contribution in [3.05, 3.63) is 35.9 Å². The third kappa shape index (κ3) is 4.08. The van der Waals surface area contributed by atoms with Crippen molar-refractivity contribution in [2.75, 3.05) is 5.33 Å². The summed E-state index contributed by atoms with van der Waals surface area (Å²) in [4.78, 5) is 12.2. The fourth-order valence-corrected chi connectivity index (χ4v) is 3.46. The van der Waals surface area contributed by atoms with E-state index in [1.807, 2.05) is 18.2 Å². The molecular formula is C17H24BrNO. The molecule has 0 aliphatic heterocycles. The lowest BCUT2D eigenvalue weighted by Gasteiger charge is -2.29. The first-order valence-electron chi connectivity index (χ1n) is 7.56. The molecule has 0 aromatic heterocycles. The van der Waals surface area contributed by atoms with E-state index in [4.69, 9.17) is 0 Å². The van der Waals surface area contributed by atoms with Crippen LogP contribution in [-0.2, 0) is 10.3 Å². The van der Waals surface area contributed by atoms with E-state index >= 15 is 0 Å². The van der Waals surface area contributed by atoms with E-state index in [-0.39, 0.29) is 11.4 Å². The SMILES string of the molecule is CC(CBr)(NC(=O)CCC1CCCC1)c1ccccc1. The van der Waals surface area contributed by atoms with Crippen LogP contribution in [0, 0.1) is 5.92 Å². The Balaban J connectivity index is 1.90. The Labute approximate surface area is 130 Å². The Kier molecular flexibility index (Phi) is 5.64. The molecule has 0 saturated heterocycles. The van der Waals surface area contributed by atoms with Gasteiger partial charge in [0.15, 0.2) is 0 Å². The Morgan fingerprint density at radius 1 is 1.30 bits per heavy atom. The topological polar surface area (TPSA) is 29.1 Å². The van der Waals surface area contributed by atoms with Crippen molar-refractivity contribution < 1.29 is 4.79 Å². The number of nitrogens with one attached hydrogen (secondary N) is 1. The monoisotopic (exact) mass is 337 g/mol. The Hall–Kier alpha value is -0.830. The minimum atomic E-state index is -0.325. The predicted molar refractivity (Wildman–Crippen MR) is 86.9 cm³/mol. The first-order valence-corrected chi connectivity index (χ1v) is 8.69. The van der Waals surface area contributed by atoms with Gasteiger partial charge in [0.05, 0.1) is 5.54 Å². The fourth-order valence-electron chi connectivity index (χ4n) is 2.99. The minimum Gasteiger partial charge on any atom is -0.346 e. The number of carbonyl (C=O) groups is 1. The van der Waals surface area contributed by atoms with E-state index in [2.05, 4.69) is 40.3 Å². The Morgan fingerprint density at radius 3 is 2.55 bits per heavy atom. The Bertz CT molecular complexity index is 428. The largest absolute Gasteiger partial charge is 0.346 e. The third-order valence-electron chi connectivity index (χ3n) is 4.35. The van der Waals surface area contributed by atoms with Crippen molar-refractivity contribution >= 4 is 21.8 Å². The normalized spacial score (nSPS) is 18.7. The van der Waals surface area contributed by atoms with Crippen molar-refractivity contribution in [2.45, 2.75) is 51.0 Å². The molecule has 20 heavy (non-hydrogen) atoms. The van der Waals surface area contributed by atoms with Gasteiger partial charge in [-0.05, 0) is 24.8 Å². The molecule has 1 amide bonds. The molecule has 0 heterocycles. The first-order chi connectivity index (χ1) is 9.64. The highest BCUT2D eigenvalue weighted by Crippen LogP contribution is 2.29. The molecule has 1 fully saturated rings. The second kappa shape index (κ2) is 7.26. The molecule has 3 heteroatoms. The van der Waals surface area contributed by atoms with Gasteiger partial charge in [-0.15, -0.1) is 0 Å². The van der Waals surface area contributed by atoms with Crippen molar-refractivity contribution in [1.82, 2.24) is 5.32 Å². The number of amides is 1.